The van der Waals surface area contributed by atoms with E-state index >= 15 is 0 Å². The molecule has 212 valence electrons. The molecule has 4 aromatic rings. The highest BCUT2D eigenvalue weighted by Gasteiger charge is 2.37. The molecular weight excluding hydrogens is 531 g/mol. The second-order valence-corrected chi connectivity index (χ2v) is 9.98. The zero-order valence-corrected chi connectivity index (χ0v) is 22.2. The molecule has 1 aliphatic heterocycles. The Bertz CT molecular complexity index is 1520. The fraction of sp³-hybridized carbons (Fsp3) is 0.345. The third-order valence-electron chi connectivity index (χ3n) is 7.19. The van der Waals surface area contributed by atoms with Gasteiger partial charge in [-0.2, -0.15) is 4.80 Å². The summed E-state index contributed by atoms with van der Waals surface area (Å²) < 4.78 is 31.4. The second kappa shape index (κ2) is 11.8. The first kappa shape index (κ1) is 26.5. The lowest BCUT2D eigenvalue weighted by Gasteiger charge is -2.32. The minimum Gasteiger partial charge on any atom is -0.486 e. The van der Waals surface area contributed by atoms with Crippen molar-refractivity contribution in [1.29, 1.82) is 0 Å². The van der Waals surface area contributed by atoms with Crippen LogP contribution in [0.5, 0.6) is 11.5 Å². The minimum atomic E-state index is -1.13. The molecule has 1 atom stereocenters. The van der Waals surface area contributed by atoms with E-state index in [9.17, 15) is 14.0 Å². The van der Waals surface area contributed by atoms with Gasteiger partial charge in [0.2, 0.25) is 5.82 Å². The number of tetrazole rings is 1. The Morgan fingerprint density at radius 2 is 1.83 bits per heavy atom. The summed E-state index contributed by atoms with van der Waals surface area (Å²) in [6.07, 6.45) is 6.40. The molecular formula is C29H29FN6O5. The third kappa shape index (κ3) is 5.76. The number of anilines is 1. The van der Waals surface area contributed by atoms with Crippen molar-refractivity contribution in [3.63, 3.8) is 0 Å². The van der Waals surface area contributed by atoms with Crippen LogP contribution in [-0.4, -0.2) is 51.3 Å². The highest BCUT2D eigenvalue weighted by Crippen LogP contribution is 2.37. The highest BCUT2D eigenvalue weighted by molar-refractivity contribution is 6.01. The number of nitrogens with zero attached hydrogens (tertiary/aromatic N) is 5. The van der Waals surface area contributed by atoms with E-state index in [1.165, 1.54) is 23.3 Å². The van der Waals surface area contributed by atoms with E-state index < -0.39 is 17.8 Å². The average Bonchev–Trinajstić information content (AvgIpc) is 3.69. The van der Waals surface area contributed by atoms with Crippen molar-refractivity contribution >= 4 is 17.5 Å². The van der Waals surface area contributed by atoms with Crippen molar-refractivity contribution in [1.82, 2.24) is 25.5 Å². The van der Waals surface area contributed by atoms with E-state index in [0.717, 1.165) is 36.9 Å². The van der Waals surface area contributed by atoms with E-state index in [0.29, 0.717) is 36.2 Å². The minimum absolute atomic E-state index is 0.00578. The van der Waals surface area contributed by atoms with Crippen LogP contribution in [0.1, 0.15) is 43.9 Å². The topological polar surface area (TPSA) is 125 Å². The number of aromatic nitrogens is 4. The lowest BCUT2D eigenvalue weighted by Crippen LogP contribution is -2.48. The van der Waals surface area contributed by atoms with Crippen molar-refractivity contribution in [2.24, 2.45) is 0 Å². The predicted octanol–water partition coefficient (Wildman–Crippen LogP) is 4.07. The Balaban J connectivity index is 1.35. The summed E-state index contributed by atoms with van der Waals surface area (Å²) in [6, 6.07) is 13.3. The molecule has 3 heterocycles. The smallest absolute Gasteiger partial charge is 0.251 e. The number of nitrogens with one attached hydrogen (secondary N) is 1. The van der Waals surface area contributed by atoms with E-state index in [1.54, 1.807) is 42.5 Å². The van der Waals surface area contributed by atoms with Gasteiger partial charge in [0.1, 0.15) is 31.3 Å². The first-order chi connectivity index (χ1) is 20.1. The van der Waals surface area contributed by atoms with Gasteiger partial charge < -0.3 is 19.2 Å². The van der Waals surface area contributed by atoms with E-state index in [1.807, 2.05) is 0 Å². The molecule has 0 saturated heterocycles. The summed E-state index contributed by atoms with van der Waals surface area (Å²) in [6.45, 7) is 0.399. The zero-order chi connectivity index (χ0) is 28.2. The van der Waals surface area contributed by atoms with Crippen LogP contribution in [0.4, 0.5) is 10.1 Å². The lowest BCUT2D eigenvalue weighted by atomic mass is 9.95. The maximum atomic E-state index is 14.3. The van der Waals surface area contributed by atoms with Crippen LogP contribution in [0.15, 0.2) is 65.3 Å². The van der Waals surface area contributed by atoms with Crippen LogP contribution in [0.25, 0.3) is 11.4 Å². The number of hydrogen-bond donors (Lipinski definition) is 1. The summed E-state index contributed by atoms with van der Waals surface area (Å²) in [4.78, 5) is 30.4. The molecule has 2 amide bonds. The van der Waals surface area contributed by atoms with Crippen molar-refractivity contribution in [3.8, 4) is 22.9 Å². The Morgan fingerprint density at radius 1 is 1.02 bits per heavy atom. The number of rotatable bonds is 8. The number of carbonyl (C=O) groups is 2. The maximum absolute atomic E-state index is 14.3. The maximum Gasteiger partial charge on any atom is 0.251 e. The molecule has 11 nitrogen and oxygen atoms in total. The average molecular weight is 561 g/mol. The largest absolute Gasteiger partial charge is 0.486 e. The van der Waals surface area contributed by atoms with Crippen molar-refractivity contribution in [2.45, 2.75) is 50.7 Å². The van der Waals surface area contributed by atoms with Gasteiger partial charge in [-0.1, -0.05) is 31.4 Å². The van der Waals surface area contributed by atoms with Crippen LogP contribution in [0.3, 0.4) is 0 Å². The monoisotopic (exact) mass is 560 g/mol. The van der Waals surface area contributed by atoms with Crippen LogP contribution in [0.2, 0.25) is 0 Å². The van der Waals surface area contributed by atoms with Crippen LogP contribution in [-0.2, 0) is 16.1 Å². The third-order valence-corrected chi connectivity index (χ3v) is 7.19. The first-order valence-corrected chi connectivity index (χ1v) is 13.6. The highest BCUT2D eigenvalue weighted by atomic mass is 19.1. The number of benzene rings is 2. The van der Waals surface area contributed by atoms with Gasteiger partial charge in [-0.15, -0.1) is 10.2 Å². The van der Waals surface area contributed by atoms with Crippen molar-refractivity contribution in [2.75, 3.05) is 18.1 Å². The normalized spacial score (nSPS) is 15.7. The zero-order valence-electron chi connectivity index (χ0n) is 22.2. The Labute approximate surface area is 235 Å². The second-order valence-electron chi connectivity index (χ2n) is 9.98. The molecule has 41 heavy (non-hydrogen) atoms. The Kier molecular flexibility index (Phi) is 7.61. The van der Waals surface area contributed by atoms with Gasteiger partial charge >= 0.3 is 0 Å². The van der Waals surface area contributed by atoms with E-state index in [2.05, 4.69) is 20.7 Å². The molecule has 2 aromatic carbocycles. The molecule has 1 N–H and O–H groups in total. The molecule has 0 radical (unpaired) electrons. The van der Waals surface area contributed by atoms with Gasteiger partial charge in [0.15, 0.2) is 17.5 Å². The van der Waals surface area contributed by atoms with Gasteiger partial charge in [0.05, 0.1) is 11.8 Å². The number of carbonyl (C=O) groups excluding carboxylic acids is 2. The summed E-state index contributed by atoms with van der Waals surface area (Å²) in [7, 11) is 0. The quantitative estimate of drug-likeness (QED) is 0.342. The Morgan fingerprint density at radius 3 is 2.61 bits per heavy atom. The lowest BCUT2D eigenvalue weighted by molar-refractivity contribution is -0.128. The van der Waals surface area contributed by atoms with Gasteiger partial charge in [0.25, 0.3) is 11.8 Å². The number of halogens is 1. The predicted molar refractivity (Wildman–Crippen MR) is 145 cm³/mol. The molecule has 1 unspecified atom stereocenters. The van der Waals surface area contributed by atoms with Gasteiger partial charge in [-0.3, -0.25) is 14.5 Å². The number of hydrogen-bond acceptors (Lipinski definition) is 8. The summed E-state index contributed by atoms with van der Waals surface area (Å²) in [5.74, 6) is -0.0552. The fourth-order valence-electron chi connectivity index (χ4n) is 5.22. The summed E-state index contributed by atoms with van der Waals surface area (Å²) in [5.41, 5.74) is 0.559. The fourth-order valence-corrected chi connectivity index (χ4v) is 5.22. The van der Waals surface area contributed by atoms with Crippen LogP contribution in [0, 0.1) is 5.82 Å². The van der Waals surface area contributed by atoms with Crippen molar-refractivity contribution < 1.29 is 27.9 Å². The number of furan rings is 1. The molecule has 1 aliphatic carbocycles. The molecule has 2 aromatic heterocycles. The molecule has 0 bridgehead atoms. The molecule has 6 rings (SSSR count). The molecule has 2 aliphatic rings. The molecule has 1 fully saturated rings. The SMILES string of the molecule is O=C(NC1CCCCC1)C(c1ccco1)N(C(=O)Cn1nnc(-c2ccccc2F)n1)c1ccc2c(c1)OCCO2. The molecule has 12 heteroatoms. The van der Waals surface area contributed by atoms with E-state index in [-0.39, 0.29) is 29.9 Å². The summed E-state index contributed by atoms with van der Waals surface area (Å²) in [5, 5.41) is 15.3. The summed E-state index contributed by atoms with van der Waals surface area (Å²) >= 11 is 0. The molecule has 0 spiro atoms. The molecule has 1 saturated carbocycles. The van der Waals surface area contributed by atoms with Gasteiger partial charge in [-0.25, -0.2) is 4.39 Å². The number of amides is 2. The van der Waals surface area contributed by atoms with Gasteiger partial charge in [0, 0.05) is 17.8 Å². The first-order valence-electron chi connectivity index (χ1n) is 13.6. The van der Waals surface area contributed by atoms with Crippen LogP contribution >= 0.6 is 0 Å². The Hall–Kier alpha value is -4.74. The van der Waals surface area contributed by atoms with Crippen molar-refractivity contribution in [3.05, 3.63) is 72.4 Å². The van der Waals surface area contributed by atoms with Crippen LogP contribution < -0.4 is 19.7 Å². The number of ether oxygens (including phenoxy) is 2. The van der Waals surface area contributed by atoms with E-state index in [4.69, 9.17) is 13.9 Å². The number of fused-ring (bicyclic) bond motifs is 1. The standard InChI is InChI=1S/C29H29FN6O5/c30-22-10-5-4-9-21(22)28-32-34-35(33-28)18-26(37)36(20-12-13-23-25(17-20)41-16-15-40-23)27(24-11-6-14-39-24)29(38)31-19-7-2-1-3-8-19/h4-6,9-14,17,19,27H,1-3,7-8,15-16,18H2,(H,31,38). The van der Waals surface area contributed by atoms with Gasteiger partial charge in [-0.05, 0) is 54.5 Å².